The number of rotatable bonds is 3. The Bertz CT molecular complexity index is 495. The van der Waals surface area contributed by atoms with Gasteiger partial charge < -0.3 is 0 Å². The van der Waals surface area contributed by atoms with Gasteiger partial charge in [-0.05, 0) is 30.4 Å². The molecule has 0 aromatic heterocycles. The summed E-state index contributed by atoms with van der Waals surface area (Å²) in [7, 11) is 0. The van der Waals surface area contributed by atoms with Crippen molar-refractivity contribution in [3.05, 3.63) is 71.3 Å². The second kappa shape index (κ2) is 5.74. The van der Waals surface area contributed by atoms with Crippen LogP contribution in [0.5, 0.6) is 0 Å². The summed E-state index contributed by atoms with van der Waals surface area (Å²) in [5, 5.41) is 0. The molecular weight excluding hydrogens is 224 g/mol. The molecule has 2 aromatic rings. The van der Waals surface area contributed by atoms with Gasteiger partial charge in [0.25, 0.3) is 0 Å². The number of hydrogen-bond donors (Lipinski definition) is 0. The summed E-state index contributed by atoms with van der Waals surface area (Å²) in [5.41, 5.74) is 3.83. The molecule has 0 radical (unpaired) electrons. The Kier molecular flexibility index (Phi) is 4.05. The highest BCUT2D eigenvalue weighted by atomic mass is 32.2. The number of aryl methyl sites for hydroxylation is 1. The van der Waals surface area contributed by atoms with E-state index in [9.17, 15) is 0 Å². The molecule has 0 aliphatic carbocycles. The molecular formula is C16H16S. The molecule has 1 heteroatoms. The lowest BCUT2D eigenvalue weighted by atomic mass is 10.1. The molecule has 0 bridgehead atoms. The lowest BCUT2D eigenvalue weighted by Gasteiger charge is -2.04. The second-order valence-corrected chi connectivity index (χ2v) is 4.84. The zero-order chi connectivity index (χ0) is 12.1. The third kappa shape index (κ3) is 3.24. The van der Waals surface area contributed by atoms with E-state index in [1.807, 2.05) is 6.07 Å². The molecule has 2 aromatic carbocycles. The monoisotopic (exact) mass is 240 g/mol. The van der Waals surface area contributed by atoms with Gasteiger partial charge in [0.1, 0.15) is 0 Å². The van der Waals surface area contributed by atoms with Crippen molar-refractivity contribution < 1.29 is 0 Å². The summed E-state index contributed by atoms with van der Waals surface area (Å²) in [4.78, 5) is 1.30. The molecule has 0 unspecified atom stereocenters. The molecule has 0 aliphatic rings. The van der Waals surface area contributed by atoms with Gasteiger partial charge in [-0.15, -0.1) is 11.8 Å². The van der Waals surface area contributed by atoms with Crippen molar-refractivity contribution >= 4 is 22.7 Å². The Morgan fingerprint density at radius 3 is 2.18 bits per heavy atom. The Labute approximate surface area is 107 Å². The molecule has 0 spiro atoms. The molecule has 0 aliphatic heterocycles. The minimum Gasteiger partial charge on any atom is -0.129 e. The van der Waals surface area contributed by atoms with Crippen molar-refractivity contribution in [1.82, 2.24) is 0 Å². The van der Waals surface area contributed by atoms with Crippen LogP contribution in [0.15, 0.2) is 54.6 Å². The third-order valence-electron chi connectivity index (χ3n) is 2.65. The fourth-order valence-electron chi connectivity index (χ4n) is 1.68. The Hall–Kier alpha value is -1.47. The quantitative estimate of drug-likeness (QED) is 0.691. The predicted octanol–water partition coefficient (Wildman–Crippen LogP) is 4.86. The van der Waals surface area contributed by atoms with Crippen molar-refractivity contribution in [1.29, 1.82) is 0 Å². The van der Waals surface area contributed by atoms with Crippen LogP contribution in [0.3, 0.4) is 0 Å². The van der Waals surface area contributed by atoms with E-state index in [1.165, 1.54) is 21.6 Å². The summed E-state index contributed by atoms with van der Waals surface area (Å²) in [6.45, 7) is 2.11. The second-order valence-electron chi connectivity index (χ2n) is 3.99. The van der Waals surface area contributed by atoms with Gasteiger partial charge >= 0.3 is 0 Å². The number of hydrogen-bond acceptors (Lipinski definition) is 1. The maximum atomic E-state index is 2.24. The number of thioether (sulfide) groups is 1. The molecule has 0 amide bonds. The summed E-state index contributed by atoms with van der Waals surface area (Å²) >= 11 is 1.78. The van der Waals surface area contributed by atoms with Gasteiger partial charge in [-0.3, -0.25) is 0 Å². The normalized spacial score (nSPS) is 11.5. The first-order valence-corrected chi connectivity index (χ1v) is 6.90. The standard InChI is InChI=1S/C16H16S/c1-13-8-10-14(11-9-13)12-16(17-2)15-6-4-3-5-7-15/h3-12H,1-2H3/b16-12+. The molecule has 0 N–H and O–H groups in total. The SMILES string of the molecule is CS/C(=C/c1ccc(C)cc1)c1ccccc1. The van der Waals surface area contributed by atoms with Crippen molar-refractivity contribution in [2.45, 2.75) is 6.92 Å². The molecule has 0 nitrogen and oxygen atoms in total. The lowest BCUT2D eigenvalue weighted by Crippen LogP contribution is -1.80. The van der Waals surface area contributed by atoms with Crippen LogP contribution in [0, 0.1) is 6.92 Å². The van der Waals surface area contributed by atoms with Crippen molar-refractivity contribution in [3.63, 3.8) is 0 Å². The first-order chi connectivity index (χ1) is 8.29. The number of benzene rings is 2. The fraction of sp³-hybridized carbons (Fsp3) is 0.125. The van der Waals surface area contributed by atoms with Crippen LogP contribution in [0.4, 0.5) is 0 Å². The zero-order valence-corrected chi connectivity index (χ0v) is 11.0. The Morgan fingerprint density at radius 2 is 1.59 bits per heavy atom. The van der Waals surface area contributed by atoms with Gasteiger partial charge in [0.15, 0.2) is 0 Å². The zero-order valence-electron chi connectivity index (χ0n) is 10.2. The third-order valence-corrected chi connectivity index (χ3v) is 3.45. The topological polar surface area (TPSA) is 0 Å². The van der Waals surface area contributed by atoms with E-state index in [1.54, 1.807) is 11.8 Å². The maximum absolute atomic E-state index is 2.24. The lowest BCUT2D eigenvalue weighted by molar-refractivity contribution is 1.46. The van der Waals surface area contributed by atoms with Crippen molar-refractivity contribution in [2.24, 2.45) is 0 Å². The van der Waals surface area contributed by atoms with Crippen LogP contribution < -0.4 is 0 Å². The molecule has 0 saturated carbocycles. The van der Waals surface area contributed by atoms with Crippen LogP contribution in [0.25, 0.3) is 11.0 Å². The summed E-state index contributed by atoms with van der Waals surface area (Å²) < 4.78 is 0. The van der Waals surface area contributed by atoms with Crippen LogP contribution in [0.2, 0.25) is 0 Å². The van der Waals surface area contributed by atoms with Crippen molar-refractivity contribution in [3.8, 4) is 0 Å². The highest BCUT2D eigenvalue weighted by Crippen LogP contribution is 2.27. The van der Waals surface area contributed by atoms with Gasteiger partial charge in [0.05, 0.1) is 0 Å². The smallest absolute Gasteiger partial charge is 0.0148 e. The highest BCUT2D eigenvalue weighted by molar-refractivity contribution is 8.07. The Morgan fingerprint density at radius 1 is 0.941 bits per heavy atom. The van der Waals surface area contributed by atoms with Crippen LogP contribution in [-0.4, -0.2) is 6.26 Å². The van der Waals surface area contributed by atoms with Crippen LogP contribution in [-0.2, 0) is 0 Å². The van der Waals surface area contributed by atoms with E-state index in [2.05, 4.69) is 67.8 Å². The summed E-state index contributed by atoms with van der Waals surface area (Å²) in [5.74, 6) is 0. The minimum absolute atomic E-state index is 1.25. The van der Waals surface area contributed by atoms with Gasteiger partial charge in [-0.2, -0.15) is 0 Å². The molecule has 0 fully saturated rings. The van der Waals surface area contributed by atoms with E-state index in [0.29, 0.717) is 0 Å². The minimum atomic E-state index is 1.25. The molecule has 17 heavy (non-hydrogen) atoms. The van der Waals surface area contributed by atoms with E-state index in [-0.39, 0.29) is 0 Å². The summed E-state index contributed by atoms with van der Waals surface area (Å²) in [6.07, 6.45) is 4.35. The van der Waals surface area contributed by atoms with Gasteiger partial charge in [-0.1, -0.05) is 60.2 Å². The van der Waals surface area contributed by atoms with Gasteiger partial charge in [-0.25, -0.2) is 0 Å². The Balaban J connectivity index is 2.33. The van der Waals surface area contributed by atoms with E-state index in [4.69, 9.17) is 0 Å². The first kappa shape index (κ1) is 12.0. The average Bonchev–Trinajstić information content (AvgIpc) is 2.39. The largest absolute Gasteiger partial charge is 0.129 e. The fourth-order valence-corrected chi connectivity index (χ4v) is 2.30. The molecule has 86 valence electrons. The van der Waals surface area contributed by atoms with E-state index in [0.717, 1.165) is 0 Å². The average molecular weight is 240 g/mol. The van der Waals surface area contributed by atoms with Crippen LogP contribution >= 0.6 is 11.8 Å². The molecule has 0 heterocycles. The summed E-state index contributed by atoms with van der Waals surface area (Å²) in [6, 6.07) is 19.1. The predicted molar refractivity (Wildman–Crippen MR) is 79.0 cm³/mol. The maximum Gasteiger partial charge on any atom is 0.0148 e. The van der Waals surface area contributed by atoms with Crippen molar-refractivity contribution in [2.75, 3.05) is 6.26 Å². The van der Waals surface area contributed by atoms with Crippen LogP contribution in [0.1, 0.15) is 16.7 Å². The first-order valence-electron chi connectivity index (χ1n) is 5.67. The highest BCUT2D eigenvalue weighted by Gasteiger charge is 1.99. The van der Waals surface area contributed by atoms with E-state index < -0.39 is 0 Å². The van der Waals surface area contributed by atoms with Gasteiger partial charge in [0.2, 0.25) is 0 Å². The molecule has 0 atom stereocenters. The van der Waals surface area contributed by atoms with E-state index >= 15 is 0 Å². The molecule has 0 saturated heterocycles. The molecule has 2 rings (SSSR count). The van der Waals surface area contributed by atoms with Gasteiger partial charge in [0, 0.05) is 4.91 Å².